The van der Waals surface area contributed by atoms with Crippen LogP contribution in [0.5, 0.6) is 0 Å². The summed E-state index contributed by atoms with van der Waals surface area (Å²) in [6.45, 7) is -0.406. The number of ether oxygens (including phenoxy) is 1. The summed E-state index contributed by atoms with van der Waals surface area (Å²) in [4.78, 5) is 0. The molecular formula is C18H15F9IN3O2. The lowest BCUT2D eigenvalue weighted by Crippen LogP contribution is -2.48. The van der Waals surface area contributed by atoms with Gasteiger partial charge in [0.15, 0.2) is 12.3 Å². The van der Waals surface area contributed by atoms with Crippen molar-refractivity contribution in [1.82, 2.24) is 0 Å². The number of aliphatic hydroxyl groups excluding tert-OH is 1. The quantitative estimate of drug-likeness (QED) is 0.193. The first kappa shape index (κ1) is 27.4. The number of aliphatic hydroxyl groups is 1. The molecule has 0 saturated carbocycles. The molecule has 0 aliphatic carbocycles. The number of unbranched alkanes of at least 4 members (excludes halogenated alkanes) is 1. The van der Waals surface area contributed by atoms with Gasteiger partial charge in [-0.05, 0) is 35.5 Å². The van der Waals surface area contributed by atoms with Gasteiger partial charge in [0.25, 0.3) is 0 Å². The molecule has 33 heavy (non-hydrogen) atoms. The first-order valence-corrected chi connectivity index (χ1v) is 10.6. The standard InChI is InChI=1S/C18H15F9IN3O2/c19-16(20,21)9-5-10(17(22,23)24)7-11(6-9)31-15(32)13(12(8-29)30-31)14(18(25,26)27)33-4-2-1-3-28/h5-7,13-15,32H,1-4H2. The van der Waals surface area contributed by atoms with E-state index >= 15 is 0 Å². The van der Waals surface area contributed by atoms with Gasteiger partial charge in [-0.15, -0.1) is 0 Å². The number of halogens is 10. The normalized spacial score (nSPS) is 20.5. The van der Waals surface area contributed by atoms with Crippen LogP contribution in [0.1, 0.15) is 24.0 Å². The average molecular weight is 603 g/mol. The maximum absolute atomic E-state index is 13.6. The molecule has 1 aromatic carbocycles. The summed E-state index contributed by atoms with van der Waals surface area (Å²) in [6, 6.07) is 1.49. The zero-order chi connectivity index (χ0) is 25.2. The molecule has 1 N–H and O–H groups in total. The third kappa shape index (κ3) is 6.63. The van der Waals surface area contributed by atoms with E-state index in [0.29, 0.717) is 10.8 Å². The fraction of sp³-hybridized carbons (Fsp3) is 0.556. The van der Waals surface area contributed by atoms with Crippen molar-refractivity contribution in [2.24, 2.45) is 11.0 Å². The van der Waals surface area contributed by atoms with Gasteiger partial charge in [0, 0.05) is 6.61 Å². The number of hydrogen-bond acceptors (Lipinski definition) is 5. The molecule has 0 bridgehead atoms. The maximum atomic E-state index is 13.6. The number of rotatable bonds is 7. The van der Waals surface area contributed by atoms with Crippen molar-refractivity contribution in [3.05, 3.63) is 29.3 Å². The maximum Gasteiger partial charge on any atom is 0.416 e. The van der Waals surface area contributed by atoms with Gasteiger partial charge in [-0.2, -0.15) is 49.9 Å². The molecule has 2 rings (SSSR count). The summed E-state index contributed by atoms with van der Waals surface area (Å²) in [5, 5.41) is 23.2. The van der Waals surface area contributed by atoms with Crippen LogP contribution in [0.15, 0.2) is 23.3 Å². The largest absolute Gasteiger partial charge is 0.416 e. The lowest BCUT2D eigenvalue weighted by atomic mass is 9.95. The molecule has 1 aliphatic rings. The molecule has 3 unspecified atom stereocenters. The third-order valence-corrected chi connectivity index (χ3v) is 5.29. The summed E-state index contributed by atoms with van der Waals surface area (Å²) in [7, 11) is 0. The van der Waals surface area contributed by atoms with Gasteiger partial charge in [-0.25, -0.2) is 5.01 Å². The number of hydrogen-bond donors (Lipinski definition) is 1. The Morgan fingerprint density at radius 3 is 2.00 bits per heavy atom. The van der Waals surface area contributed by atoms with Gasteiger partial charge in [-0.1, -0.05) is 22.6 Å². The molecule has 0 fully saturated rings. The second kappa shape index (κ2) is 10.2. The zero-order valence-electron chi connectivity index (χ0n) is 16.3. The molecule has 0 aromatic heterocycles. The van der Waals surface area contributed by atoms with E-state index in [1.54, 1.807) is 0 Å². The molecule has 1 aliphatic heterocycles. The Labute approximate surface area is 194 Å². The highest BCUT2D eigenvalue weighted by molar-refractivity contribution is 14.1. The molecule has 5 nitrogen and oxygen atoms in total. The van der Waals surface area contributed by atoms with Crippen molar-refractivity contribution in [2.75, 3.05) is 16.0 Å². The van der Waals surface area contributed by atoms with E-state index in [4.69, 9.17) is 4.74 Å². The number of nitriles is 1. The van der Waals surface area contributed by atoms with E-state index in [0.717, 1.165) is 0 Å². The average Bonchev–Trinajstić information content (AvgIpc) is 3.01. The first-order valence-electron chi connectivity index (χ1n) is 9.11. The Bertz CT molecular complexity index is 877. The van der Waals surface area contributed by atoms with Crippen molar-refractivity contribution >= 4 is 34.0 Å². The van der Waals surface area contributed by atoms with Crippen LogP contribution in [0.4, 0.5) is 45.2 Å². The van der Waals surface area contributed by atoms with Crippen molar-refractivity contribution in [3.8, 4) is 6.07 Å². The SMILES string of the molecule is N#CC1=NN(c2cc(C(F)(F)F)cc(C(F)(F)F)c2)C(O)C1C(OCCCCI)C(F)(F)F. The van der Waals surface area contributed by atoms with Crippen LogP contribution in [-0.4, -0.2) is 40.4 Å². The predicted molar refractivity (Wildman–Crippen MR) is 105 cm³/mol. The van der Waals surface area contributed by atoms with Gasteiger partial charge in [0.2, 0.25) is 0 Å². The monoisotopic (exact) mass is 603 g/mol. The summed E-state index contributed by atoms with van der Waals surface area (Å²) in [6.07, 6.45) is -20.1. The van der Waals surface area contributed by atoms with Gasteiger partial charge in [0.1, 0.15) is 11.8 Å². The van der Waals surface area contributed by atoms with Crippen molar-refractivity contribution in [1.29, 1.82) is 5.26 Å². The van der Waals surface area contributed by atoms with Crippen molar-refractivity contribution in [2.45, 2.75) is 43.7 Å². The van der Waals surface area contributed by atoms with E-state index < -0.39 is 65.9 Å². The second-order valence-corrected chi connectivity index (χ2v) is 7.95. The lowest BCUT2D eigenvalue weighted by Gasteiger charge is -2.30. The van der Waals surface area contributed by atoms with E-state index in [1.165, 1.54) is 6.07 Å². The van der Waals surface area contributed by atoms with Crippen LogP contribution >= 0.6 is 22.6 Å². The molecule has 1 aromatic rings. The van der Waals surface area contributed by atoms with Crippen molar-refractivity contribution < 1.29 is 49.4 Å². The number of nitrogens with zero attached hydrogens (tertiary/aromatic N) is 3. The summed E-state index contributed by atoms with van der Waals surface area (Å²) in [5.41, 5.74) is -5.48. The molecule has 184 valence electrons. The van der Waals surface area contributed by atoms with E-state index in [1.807, 2.05) is 22.6 Å². The summed E-state index contributed by atoms with van der Waals surface area (Å²) < 4.78 is 125. The highest BCUT2D eigenvalue weighted by atomic mass is 127. The van der Waals surface area contributed by atoms with Gasteiger partial charge >= 0.3 is 18.5 Å². The summed E-state index contributed by atoms with van der Waals surface area (Å²) in [5.74, 6) is -2.20. The van der Waals surface area contributed by atoms with Gasteiger partial charge in [-0.3, -0.25) is 0 Å². The molecule has 0 saturated heterocycles. The number of hydrazone groups is 1. The minimum atomic E-state index is -5.24. The number of alkyl halides is 10. The molecule has 15 heteroatoms. The van der Waals surface area contributed by atoms with E-state index in [9.17, 15) is 49.9 Å². The first-order chi connectivity index (χ1) is 15.1. The molecular weight excluding hydrogens is 588 g/mol. The smallest absolute Gasteiger partial charge is 0.371 e. The summed E-state index contributed by atoms with van der Waals surface area (Å²) >= 11 is 1.99. The fourth-order valence-electron chi connectivity index (χ4n) is 3.02. The van der Waals surface area contributed by atoms with Crippen LogP contribution < -0.4 is 5.01 Å². The number of benzene rings is 1. The molecule has 0 amide bonds. The van der Waals surface area contributed by atoms with Crippen LogP contribution in [-0.2, 0) is 17.1 Å². The Morgan fingerprint density at radius 1 is 1.03 bits per heavy atom. The Balaban J connectivity index is 2.50. The van der Waals surface area contributed by atoms with Gasteiger partial charge in [0.05, 0.1) is 22.7 Å². The minimum absolute atomic E-state index is 0.126. The lowest BCUT2D eigenvalue weighted by molar-refractivity contribution is -0.235. The second-order valence-electron chi connectivity index (χ2n) is 6.87. The Hall–Kier alpha value is -1.80. The molecule has 0 spiro atoms. The van der Waals surface area contributed by atoms with Crippen LogP contribution in [0.2, 0.25) is 0 Å². The van der Waals surface area contributed by atoms with E-state index in [2.05, 4.69) is 5.10 Å². The highest BCUT2D eigenvalue weighted by Crippen LogP contribution is 2.42. The molecule has 1 heterocycles. The molecule has 3 atom stereocenters. The van der Waals surface area contributed by atoms with Crippen LogP contribution in [0.25, 0.3) is 0 Å². The number of anilines is 1. The molecule has 0 radical (unpaired) electrons. The highest BCUT2D eigenvalue weighted by Gasteiger charge is 2.54. The topological polar surface area (TPSA) is 68.9 Å². The Kier molecular flexibility index (Phi) is 8.50. The van der Waals surface area contributed by atoms with Crippen LogP contribution in [0.3, 0.4) is 0 Å². The van der Waals surface area contributed by atoms with Gasteiger partial charge < -0.3 is 9.84 Å². The predicted octanol–water partition coefficient (Wildman–Crippen LogP) is 5.52. The Morgan fingerprint density at radius 2 is 1.58 bits per heavy atom. The third-order valence-electron chi connectivity index (χ3n) is 4.53. The van der Waals surface area contributed by atoms with Crippen molar-refractivity contribution in [3.63, 3.8) is 0 Å². The fourth-order valence-corrected chi connectivity index (χ4v) is 3.56. The van der Waals surface area contributed by atoms with E-state index in [-0.39, 0.29) is 29.6 Å². The minimum Gasteiger partial charge on any atom is -0.371 e. The zero-order valence-corrected chi connectivity index (χ0v) is 18.4. The van der Waals surface area contributed by atoms with Crippen LogP contribution in [0, 0.1) is 17.2 Å².